The number of nitrogens with zero attached hydrogens (tertiary/aromatic N) is 3. The van der Waals surface area contributed by atoms with Crippen LogP contribution in [0, 0.1) is 5.82 Å². The molecule has 1 amide bonds. The third kappa shape index (κ3) is 5.71. The molecule has 38 heavy (non-hydrogen) atoms. The summed E-state index contributed by atoms with van der Waals surface area (Å²) >= 11 is 1.84. The van der Waals surface area contributed by atoms with E-state index in [4.69, 9.17) is 4.74 Å². The van der Waals surface area contributed by atoms with E-state index in [2.05, 4.69) is 10.3 Å². The maximum Gasteiger partial charge on any atom is 0.333 e. The number of aromatic nitrogens is 3. The van der Waals surface area contributed by atoms with E-state index in [1.54, 1.807) is 11.5 Å². The molecule has 5 rings (SSSR count). The fraction of sp³-hybridized carbons (Fsp3) is 0.500. The summed E-state index contributed by atoms with van der Waals surface area (Å²) in [6, 6.07) is 10.4. The van der Waals surface area contributed by atoms with E-state index >= 15 is 0 Å². The smallest absolute Gasteiger partial charge is 0.333 e. The van der Waals surface area contributed by atoms with Crippen molar-refractivity contribution in [3.8, 4) is 0 Å². The zero-order valence-electron chi connectivity index (χ0n) is 21.5. The number of nitrogens with one attached hydrogen (secondary N) is 1. The molecule has 10 heteroatoms. The monoisotopic (exact) mass is 540 g/mol. The Kier molecular flexibility index (Phi) is 8.28. The lowest BCUT2D eigenvalue weighted by molar-refractivity contribution is -0.133. The number of ether oxygens (including phenoxy) is 1. The van der Waals surface area contributed by atoms with Crippen LogP contribution in [0.15, 0.2) is 52.2 Å². The van der Waals surface area contributed by atoms with Crippen LogP contribution in [0.5, 0.6) is 0 Å². The first-order chi connectivity index (χ1) is 18.4. The molecular formula is C28H33FN4O4S. The van der Waals surface area contributed by atoms with Gasteiger partial charge in [-0.1, -0.05) is 30.3 Å². The molecule has 1 unspecified atom stereocenters. The lowest BCUT2D eigenvalue weighted by Crippen LogP contribution is -2.47. The van der Waals surface area contributed by atoms with Crippen molar-refractivity contribution in [2.75, 3.05) is 11.5 Å². The van der Waals surface area contributed by atoms with E-state index in [-0.39, 0.29) is 40.8 Å². The fourth-order valence-corrected chi connectivity index (χ4v) is 6.55. The normalized spacial score (nSPS) is 21.3. The quantitative estimate of drug-likeness (QED) is 0.487. The number of benzene rings is 1. The van der Waals surface area contributed by atoms with Crippen molar-refractivity contribution in [3.63, 3.8) is 0 Å². The maximum absolute atomic E-state index is 14.1. The van der Waals surface area contributed by atoms with Gasteiger partial charge in [-0.05, 0) is 68.6 Å². The van der Waals surface area contributed by atoms with Crippen molar-refractivity contribution in [1.82, 2.24) is 19.4 Å². The van der Waals surface area contributed by atoms with E-state index < -0.39 is 17.5 Å². The predicted molar refractivity (Wildman–Crippen MR) is 146 cm³/mol. The highest BCUT2D eigenvalue weighted by Crippen LogP contribution is 2.30. The summed E-state index contributed by atoms with van der Waals surface area (Å²) in [6.07, 6.45) is 4.47. The molecule has 0 spiro atoms. The topological polar surface area (TPSA) is 95.2 Å². The number of halogens is 1. The van der Waals surface area contributed by atoms with Crippen LogP contribution >= 0.6 is 11.8 Å². The summed E-state index contributed by atoms with van der Waals surface area (Å²) in [5, 5.41) is 3.20. The van der Waals surface area contributed by atoms with Crippen molar-refractivity contribution in [2.24, 2.45) is 0 Å². The van der Waals surface area contributed by atoms with Gasteiger partial charge in [0, 0.05) is 18.1 Å². The highest BCUT2D eigenvalue weighted by Gasteiger charge is 2.30. The molecule has 1 aliphatic heterocycles. The van der Waals surface area contributed by atoms with Crippen molar-refractivity contribution >= 4 is 28.7 Å². The number of hydrogen-bond acceptors (Lipinski definition) is 6. The van der Waals surface area contributed by atoms with Crippen molar-refractivity contribution in [3.05, 3.63) is 74.8 Å². The molecule has 0 bridgehead atoms. The average molecular weight is 541 g/mol. The molecule has 2 aliphatic rings. The second-order valence-electron chi connectivity index (χ2n) is 10.1. The van der Waals surface area contributed by atoms with E-state index in [0.29, 0.717) is 32.3 Å². The zero-order chi connectivity index (χ0) is 26.6. The Balaban J connectivity index is 1.29. The average Bonchev–Trinajstić information content (AvgIpc) is 2.94. The molecule has 3 aromatic rings. The molecule has 3 heterocycles. The van der Waals surface area contributed by atoms with Gasteiger partial charge in [0.15, 0.2) is 0 Å². The third-order valence-electron chi connectivity index (χ3n) is 7.60. The van der Waals surface area contributed by atoms with E-state index in [1.165, 1.54) is 10.6 Å². The van der Waals surface area contributed by atoms with Crippen molar-refractivity contribution < 1.29 is 13.9 Å². The highest BCUT2D eigenvalue weighted by atomic mass is 32.2. The van der Waals surface area contributed by atoms with Gasteiger partial charge in [0.2, 0.25) is 5.91 Å². The number of thioether (sulfide) groups is 1. The first kappa shape index (κ1) is 26.6. The van der Waals surface area contributed by atoms with Gasteiger partial charge in [-0.15, -0.1) is 0 Å². The predicted octanol–water partition coefficient (Wildman–Crippen LogP) is 3.97. The van der Waals surface area contributed by atoms with E-state index in [0.717, 1.165) is 36.1 Å². The van der Waals surface area contributed by atoms with Gasteiger partial charge in [-0.25, -0.2) is 14.2 Å². The Morgan fingerprint density at radius 3 is 2.47 bits per heavy atom. The molecule has 1 saturated heterocycles. The molecule has 1 saturated carbocycles. The molecule has 8 nitrogen and oxygen atoms in total. The second-order valence-corrected chi connectivity index (χ2v) is 11.4. The van der Waals surface area contributed by atoms with Crippen LogP contribution in [0.2, 0.25) is 0 Å². The minimum Gasteiger partial charge on any atom is -0.364 e. The Bertz CT molecular complexity index is 1400. The molecule has 2 fully saturated rings. The third-order valence-corrected chi connectivity index (χ3v) is 8.65. The summed E-state index contributed by atoms with van der Waals surface area (Å²) in [7, 11) is 0. The van der Waals surface area contributed by atoms with E-state index in [9.17, 15) is 18.8 Å². The number of carbonyl (C=O) groups excluding carboxylic acids is 1. The van der Waals surface area contributed by atoms with Crippen LogP contribution in [0.4, 0.5) is 4.39 Å². The minimum absolute atomic E-state index is 0.0608. The standard InChI is InChI=1S/C28H33FN4O4S/c1-18(37-17-19-5-3-2-4-6-19)26(34)31-21-7-9-22(10-8-21)33-27(35)24-15-20(29)16-30-25(24)32(28(33)36)23-11-13-38-14-12-23/h2-6,15-16,18,21-23H,7-14,17H2,1H3,(H,31,34)/t18?,21-,22+. The van der Waals surface area contributed by atoms with Crippen molar-refractivity contribution in [2.45, 2.75) is 76.3 Å². The Morgan fingerprint density at radius 1 is 1.08 bits per heavy atom. The minimum atomic E-state index is -0.598. The summed E-state index contributed by atoms with van der Waals surface area (Å²) < 4.78 is 22.8. The zero-order valence-corrected chi connectivity index (χ0v) is 22.3. The van der Waals surface area contributed by atoms with Gasteiger partial charge >= 0.3 is 5.69 Å². The van der Waals surface area contributed by atoms with Crippen LogP contribution in [0.1, 0.15) is 63.1 Å². The summed E-state index contributed by atoms with van der Waals surface area (Å²) in [4.78, 5) is 44.0. The molecule has 0 radical (unpaired) electrons. The van der Waals surface area contributed by atoms with Gasteiger partial charge in [-0.3, -0.25) is 18.7 Å². The number of amides is 1. The van der Waals surface area contributed by atoms with Crippen LogP contribution in [-0.4, -0.2) is 43.7 Å². The number of fused-ring (bicyclic) bond motifs is 1. The van der Waals surface area contributed by atoms with Gasteiger partial charge < -0.3 is 10.1 Å². The largest absolute Gasteiger partial charge is 0.364 e. The number of pyridine rings is 1. The maximum atomic E-state index is 14.1. The Morgan fingerprint density at radius 2 is 1.76 bits per heavy atom. The first-order valence-corrected chi connectivity index (χ1v) is 14.4. The number of hydrogen-bond donors (Lipinski definition) is 1. The highest BCUT2D eigenvalue weighted by molar-refractivity contribution is 7.99. The van der Waals surface area contributed by atoms with Crippen LogP contribution in [0.3, 0.4) is 0 Å². The summed E-state index contributed by atoms with van der Waals surface area (Å²) in [5.41, 5.74) is 0.406. The SMILES string of the molecule is CC(OCc1ccccc1)C(=O)N[C@H]1CC[C@@H](n2c(=O)c3cc(F)cnc3n(C3CCSCC3)c2=O)CC1. The van der Waals surface area contributed by atoms with Gasteiger partial charge in [0.25, 0.3) is 5.56 Å². The number of rotatable bonds is 7. The van der Waals surface area contributed by atoms with Crippen LogP contribution in [0.25, 0.3) is 11.0 Å². The Hall–Kier alpha value is -2.98. The molecule has 1 N–H and O–H groups in total. The first-order valence-electron chi connectivity index (χ1n) is 13.3. The molecule has 2 aromatic heterocycles. The van der Waals surface area contributed by atoms with Crippen molar-refractivity contribution in [1.29, 1.82) is 0 Å². The molecular weight excluding hydrogens is 507 g/mol. The number of carbonyl (C=O) groups is 1. The van der Waals surface area contributed by atoms with Crippen LogP contribution in [-0.2, 0) is 16.1 Å². The molecule has 1 aliphatic carbocycles. The molecule has 1 aromatic carbocycles. The summed E-state index contributed by atoms with van der Waals surface area (Å²) in [5.74, 6) is 1.08. The summed E-state index contributed by atoms with van der Waals surface area (Å²) in [6.45, 7) is 2.09. The van der Waals surface area contributed by atoms with Crippen LogP contribution < -0.4 is 16.6 Å². The van der Waals surface area contributed by atoms with Gasteiger partial charge in [-0.2, -0.15) is 11.8 Å². The molecule has 1 atom stereocenters. The van der Waals surface area contributed by atoms with E-state index in [1.807, 2.05) is 42.1 Å². The second kappa shape index (κ2) is 11.8. The van der Waals surface area contributed by atoms with Gasteiger partial charge in [0.1, 0.15) is 17.6 Å². The molecule has 202 valence electrons. The Labute approximate surface area is 224 Å². The van der Waals surface area contributed by atoms with Gasteiger partial charge in [0.05, 0.1) is 18.2 Å². The fourth-order valence-electron chi connectivity index (χ4n) is 5.47. The lowest BCUT2D eigenvalue weighted by Gasteiger charge is -2.32. The lowest BCUT2D eigenvalue weighted by atomic mass is 9.90.